The Morgan fingerprint density at radius 2 is 1.54 bits per heavy atom. The Balaban J connectivity index is 2.15. The number of rotatable bonds is 13. The summed E-state index contributed by atoms with van der Waals surface area (Å²) in [6.07, 6.45) is 12.8. The van der Waals surface area contributed by atoms with Gasteiger partial charge in [0.1, 0.15) is 5.69 Å². The lowest BCUT2D eigenvalue weighted by Gasteiger charge is -2.02. The minimum atomic E-state index is -0.557. The summed E-state index contributed by atoms with van der Waals surface area (Å²) >= 11 is 5.94. The molecule has 136 valence electrons. The molecule has 1 N–H and O–H groups in total. The van der Waals surface area contributed by atoms with Crippen molar-refractivity contribution in [3.63, 3.8) is 0 Å². The van der Waals surface area contributed by atoms with E-state index < -0.39 is 5.97 Å². The van der Waals surface area contributed by atoms with Gasteiger partial charge in [-0.3, -0.25) is 4.79 Å². The van der Waals surface area contributed by atoms with Crippen LogP contribution in [0.25, 0.3) is 0 Å². The van der Waals surface area contributed by atoms with Crippen LogP contribution in [-0.2, 0) is 4.74 Å². The van der Waals surface area contributed by atoms with Crippen molar-refractivity contribution >= 4 is 23.4 Å². The Hall–Kier alpha value is -1.29. The SMILES string of the molecule is CCCCCCCCCCCCC(=O)c1cc(Cl)c(C(=O)OC)[nH]1. The number of ether oxygens (including phenoxy) is 1. The number of nitrogens with one attached hydrogen (secondary N) is 1. The number of esters is 1. The van der Waals surface area contributed by atoms with Crippen LogP contribution in [-0.4, -0.2) is 23.8 Å². The number of ketones is 1. The average molecular weight is 356 g/mol. The van der Waals surface area contributed by atoms with Gasteiger partial charge in [-0.05, 0) is 12.5 Å². The van der Waals surface area contributed by atoms with E-state index in [2.05, 4.69) is 16.6 Å². The van der Waals surface area contributed by atoms with Gasteiger partial charge in [0.05, 0.1) is 17.8 Å². The number of hydrogen-bond donors (Lipinski definition) is 1. The fourth-order valence-corrected chi connectivity index (χ4v) is 2.97. The predicted octanol–water partition coefficient (Wildman–Crippen LogP) is 5.95. The van der Waals surface area contributed by atoms with Gasteiger partial charge in [-0.15, -0.1) is 0 Å². The van der Waals surface area contributed by atoms with Crippen LogP contribution < -0.4 is 0 Å². The Labute approximate surface area is 150 Å². The molecule has 1 rings (SSSR count). The zero-order valence-corrected chi connectivity index (χ0v) is 15.7. The van der Waals surface area contributed by atoms with Gasteiger partial charge in [-0.25, -0.2) is 4.79 Å². The molecule has 1 heterocycles. The standard InChI is InChI=1S/C19H30ClNO3/c1-3-4-5-6-7-8-9-10-11-12-13-17(22)16-14-15(20)18(21-16)19(23)24-2/h14,21H,3-13H2,1-2H3. The molecule has 0 bridgehead atoms. The molecule has 0 aliphatic heterocycles. The van der Waals surface area contributed by atoms with Crippen molar-refractivity contribution in [2.45, 2.75) is 77.6 Å². The fraction of sp³-hybridized carbons (Fsp3) is 0.684. The number of halogens is 1. The summed E-state index contributed by atoms with van der Waals surface area (Å²) in [5.41, 5.74) is 0.530. The second-order valence-electron chi connectivity index (χ2n) is 6.25. The Bertz CT molecular complexity index is 511. The molecule has 0 radical (unpaired) electrons. The molecule has 0 aliphatic rings. The highest BCUT2D eigenvalue weighted by Gasteiger charge is 2.17. The lowest BCUT2D eigenvalue weighted by atomic mass is 10.0. The van der Waals surface area contributed by atoms with Crippen LogP contribution in [0.2, 0.25) is 5.02 Å². The quantitative estimate of drug-likeness (QED) is 0.270. The van der Waals surface area contributed by atoms with Crippen LogP contribution >= 0.6 is 11.6 Å². The first kappa shape index (κ1) is 20.8. The van der Waals surface area contributed by atoms with Crippen molar-refractivity contribution in [1.29, 1.82) is 0 Å². The highest BCUT2D eigenvalue weighted by atomic mass is 35.5. The summed E-state index contributed by atoms with van der Waals surface area (Å²) < 4.78 is 4.61. The Kier molecular flexibility index (Phi) is 10.5. The summed E-state index contributed by atoms with van der Waals surface area (Å²) in [7, 11) is 1.28. The Morgan fingerprint density at radius 1 is 1.00 bits per heavy atom. The number of Topliss-reactive ketones (excluding diaryl/α,β-unsaturated/α-hetero) is 1. The van der Waals surface area contributed by atoms with Crippen LogP contribution in [0.5, 0.6) is 0 Å². The van der Waals surface area contributed by atoms with Crippen molar-refractivity contribution in [2.75, 3.05) is 7.11 Å². The van der Waals surface area contributed by atoms with Crippen molar-refractivity contribution in [3.05, 3.63) is 22.5 Å². The third kappa shape index (κ3) is 7.52. The number of carbonyl (C=O) groups is 2. The van der Waals surface area contributed by atoms with Gasteiger partial charge < -0.3 is 9.72 Å². The van der Waals surface area contributed by atoms with Crippen molar-refractivity contribution in [1.82, 2.24) is 4.98 Å². The van der Waals surface area contributed by atoms with Crippen molar-refractivity contribution < 1.29 is 14.3 Å². The number of H-pyrrole nitrogens is 1. The molecule has 0 saturated carbocycles. The van der Waals surface area contributed by atoms with Crippen LogP contribution in [0.1, 0.15) is 98.5 Å². The highest BCUT2D eigenvalue weighted by Crippen LogP contribution is 2.20. The monoisotopic (exact) mass is 355 g/mol. The molecule has 0 amide bonds. The molecule has 1 aromatic heterocycles. The minimum Gasteiger partial charge on any atom is -0.464 e. The number of unbranched alkanes of at least 4 members (excludes halogenated alkanes) is 9. The summed E-state index contributed by atoms with van der Waals surface area (Å²) in [5, 5.41) is 0.230. The molecular formula is C19H30ClNO3. The summed E-state index contributed by atoms with van der Waals surface area (Å²) in [6.45, 7) is 2.23. The number of methoxy groups -OCH3 is 1. The number of aromatic nitrogens is 1. The van der Waals surface area contributed by atoms with Gasteiger partial charge in [0.15, 0.2) is 5.78 Å². The first-order valence-corrected chi connectivity index (χ1v) is 9.48. The van der Waals surface area contributed by atoms with Crippen molar-refractivity contribution in [2.24, 2.45) is 0 Å². The molecule has 0 atom stereocenters. The van der Waals surface area contributed by atoms with Crippen LogP contribution in [0, 0.1) is 0 Å². The van der Waals surface area contributed by atoms with Crippen molar-refractivity contribution in [3.8, 4) is 0 Å². The maximum atomic E-state index is 12.1. The van der Waals surface area contributed by atoms with Gasteiger partial charge in [0.25, 0.3) is 0 Å². The van der Waals surface area contributed by atoms with E-state index in [4.69, 9.17) is 11.6 Å². The van der Waals surface area contributed by atoms with Crippen LogP contribution in [0.4, 0.5) is 0 Å². The van der Waals surface area contributed by atoms with E-state index in [-0.39, 0.29) is 16.5 Å². The van der Waals surface area contributed by atoms with E-state index >= 15 is 0 Å². The lowest BCUT2D eigenvalue weighted by Crippen LogP contribution is -2.04. The van der Waals surface area contributed by atoms with E-state index in [9.17, 15) is 9.59 Å². The first-order valence-electron chi connectivity index (χ1n) is 9.10. The van der Waals surface area contributed by atoms with Crippen LogP contribution in [0.15, 0.2) is 6.07 Å². The minimum absolute atomic E-state index is 0.00776. The normalized spacial score (nSPS) is 10.8. The molecule has 0 fully saturated rings. The molecule has 0 aromatic carbocycles. The van der Waals surface area contributed by atoms with E-state index in [1.807, 2.05) is 0 Å². The molecule has 4 nitrogen and oxygen atoms in total. The topological polar surface area (TPSA) is 59.2 Å². The molecule has 24 heavy (non-hydrogen) atoms. The second kappa shape index (κ2) is 12.1. The lowest BCUT2D eigenvalue weighted by molar-refractivity contribution is 0.0595. The maximum absolute atomic E-state index is 12.1. The molecule has 5 heteroatoms. The molecule has 0 saturated heterocycles. The van der Waals surface area contributed by atoms with E-state index in [0.717, 1.165) is 12.8 Å². The first-order chi connectivity index (χ1) is 11.6. The van der Waals surface area contributed by atoms with Gasteiger partial charge in [0.2, 0.25) is 0 Å². The van der Waals surface area contributed by atoms with Gasteiger partial charge in [-0.1, -0.05) is 76.3 Å². The van der Waals surface area contributed by atoms with E-state index in [0.29, 0.717) is 12.1 Å². The van der Waals surface area contributed by atoms with E-state index in [1.54, 1.807) is 0 Å². The molecule has 0 spiro atoms. The highest BCUT2D eigenvalue weighted by molar-refractivity contribution is 6.33. The smallest absolute Gasteiger partial charge is 0.356 e. The molecular weight excluding hydrogens is 326 g/mol. The number of carbonyl (C=O) groups excluding carboxylic acids is 2. The van der Waals surface area contributed by atoms with Gasteiger partial charge in [-0.2, -0.15) is 0 Å². The molecule has 0 aliphatic carbocycles. The molecule has 1 aromatic rings. The zero-order valence-electron chi connectivity index (χ0n) is 15.0. The maximum Gasteiger partial charge on any atom is 0.356 e. The molecule has 0 unspecified atom stereocenters. The summed E-state index contributed by atoms with van der Waals surface area (Å²) in [5.74, 6) is -0.565. The summed E-state index contributed by atoms with van der Waals surface area (Å²) in [6, 6.07) is 1.51. The average Bonchev–Trinajstić information content (AvgIpc) is 2.97. The second-order valence-corrected chi connectivity index (χ2v) is 6.66. The predicted molar refractivity (Wildman–Crippen MR) is 97.9 cm³/mol. The fourth-order valence-electron chi connectivity index (χ4n) is 2.74. The third-order valence-electron chi connectivity index (χ3n) is 4.22. The zero-order chi connectivity index (χ0) is 17.8. The van der Waals surface area contributed by atoms with Crippen LogP contribution in [0.3, 0.4) is 0 Å². The van der Waals surface area contributed by atoms with Gasteiger partial charge in [0, 0.05) is 6.42 Å². The van der Waals surface area contributed by atoms with Gasteiger partial charge >= 0.3 is 5.97 Å². The summed E-state index contributed by atoms with van der Waals surface area (Å²) in [4.78, 5) is 26.3. The number of hydrogen-bond acceptors (Lipinski definition) is 3. The largest absolute Gasteiger partial charge is 0.464 e. The van der Waals surface area contributed by atoms with E-state index in [1.165, 1.54) is 64.5 Å². The third-order valence-corrected chi connectivity index (χ3v) is 4.51. The Morgan fingerprint density at radius 3 is 2.08 bits per heavy atom. The number of aromatic amines is 1.